The highest BCUT2D eigenvalue weighted by Crippen LogP contribution is 2.39. The first-order chi connectivity index (χ1) is 24.7. The Balaban J connectivity index is 1.08. The van der Waals surface area contributed by atoms with E-state index in [4.69, 9.17) is 18.8 Å². The van der Waals surface area contributed by atoms with Gasteiger partial charge in [-0.15, -0.1) is 0 Å². The zero-order chi connectivity index (χ0) is 33.0. The maximum absolute atomic E-state index is 6.43. The lowest BCUT2D eigenvalue weighted by atomic mass is 9.97. The van der Waals surface area contributed by atoms with Gasteiger partial charge in [-0.25, -0.2) is 9.98 Å². The van der Waals surface area contributed by atoms with Gasteiger partial charge in [0.25, 0.3) is 0 Å². The average molecular weight is 644 g/mol. The van der Waals surface area contributed by atoms with Crippen LogP contribution in [0.2, 0.25) is 0 Å². The van der Waals surface area contributed by atoms with Crippen LogP contribution < -0.4 is 5.32 Å². The number of nitrogens with one attached hydrogen (secondary N) is 1. The number of hydrogen-bond acceptors (Lipinski definition) is 5. The summed E-state index contributed by atoms with van der Waals surface area (Å²) in [6, 6.07) is 56.4. The summed E-state index contributed by atoms with van der Waals surface area (Å²) in [6.07, 6.45) is -0.314. The van der Waals surface area contributed by atoms with Crippen LogP contribution in [0, 0.1) is 0 Å². The van der Waals surface area contributed by atoms with Crippen molar-refractivity contribution in [2.45, 2.75) is 6.17 Å². The fourth-order valence-corrected chi connectivity index (χ4v) is 7.08. The largest absolute Gasteiger partial charge is 0.456 e. The number of benzene rings is 7. The molecule has 1 atom stereocenters. The minimum Gasteiger partial charge on any atom is -0.456 e. The third-order valence-corrected chi connectivity index (χ3v) is 9.56. The number of fused-ring (bicyclic) bond motifs is 6. The highest BCUT2D eigenvalue weighted by molar-refractivity contribution is 6.18. The molecule has 0 saturated carbocycles. The van der Waals surface area contributed by atoms with Gasteiger partial charge in [0.1, 0.15) is 34.3 Å². The van der Waals surface area contributed by atoms with Gasteiger partial charge < -0.3 is 14.2 Å². The van der Waals surface area contributed by atoms with Crippen LogP contribution >= 0.6 is 0 Å². The van der Waals surface area contributed by atoms with Crippen molar-refractivity contribution < 1.29 is 8.83 Å². The van der Waals surface area contributed by atoms with Crippen LogP contribution in [0.1, 0.15) is 22.9 Å². The summed E-state index contributed by atoms with van der Waals surface area (Å²) in [6.45, 7) is 0. The van der Waals surface area contributed by atoms with E-state index in [9.17, 15) is 0 Å². The van der Waals surface area contributed by atoms with Gasteiger partial charge >= 0.3 is 0 Å². The molecule has 9 aromatic rings. The summed E-state index contributed by atoms with van der Waals surface area (Å²) >= 11 is 0. The number of furan rings is 2. The van der Waals surface area contributed by atoms with Gasteiger partial charge in [0.05, 0.1) is 0 Å². The molecule has 50 heavy (non-hydrogen) atoms. The average Bonchev–Trinajstić information content (AvgIpc) is 3.76. The number of nitrogens with zero attached hydrogens (tertiary/aromatic N) is 2. The number of aliphatic imine (C=N–C) groups is 2. The molecule has 0 amide bonds. The number of rotatable bonds is 5. The molecule has 236 valence electrons. The Bertz CT molecular complexity index is 2770. The van der Waals surface area contributed by atoms with E-state index in [1.165, 1.54) is 11.1 Å². The first kappa shape index (κ1) is 28.3. The van der Waals surface area contributed by atoms with Gasteiger partial charge in [-0.3, -0.25) is 0 Å². The van der Waals surface area contributed by atoms with Crippen LogP contribution in [-0.4, -0.2) is 11.7 Å². The standard InChI is InChI=1S/C45H29N3O2/c1-3-10-28(11-4-1)29-18-20-31(21-19-29)44-46-43(30-12-5-2-6-13-30)47-45(48-44)33-23-25-40-37(27-33)42-34(15-9-17-41(42)50-40)32-22-24-39-36(26-32)35-14-7-8-16-38(35)49-39/h1-27,44H,(H,46,47,48). The first-order valence-electron chi connectivity index (χ1n) is 16.8. The molecule has 1 aliphatic rings. The van der Waals surface area contributed by atoms with E-state index < -0.39 is 0 Å². The summed E-state index contributed by atoms with van der Waals surface area (Å²) < 4.78 is 12.6. The Morgan fingerprint density at radius 3 is 1.86 bits per heavy atom. The van der Waals surface area contributed by atoms with Crippen LogP contribution in [0.3, 0.4) is 0 Å². The highest BCUT2D eigenvalue weighted by atomic mass is 16.3. The van der Waals surface area contributed by atoms with Gasteiger partial charge in [0.2, 0.25) is 0 Å². The second-order valence-electron chi connectivity index (χ2n) is 12.6. The van der Waals surface area contributed by atoms with Crippen molar-refractivity contribution in [2.75, 3.05) is 0 Å². The zero-order valence-corrected chi connectivity index (χ0v) is 26.9. The van der Waals surface area contributed by atoms with Crippen molar-refractivity contribution in [2.24, 2.45) is 9.98 Å². The first-order valence-corrected chi connectivity index (χ1v) is 16.8. The van der Waals surface area contributed by atoms with Crippen LogP contribution in [0.5, 0.6) is 0 Å². The molecule has 3 heterocycles. The second kappa shape index (κ2) is 11.5. The minimum atomic E-state index is -0.314. The smallest absolute Gasteiger partial charge is 0.159 e. The Morgan fingerprint density at radius 1 is 0.440 bits per heavy atom. The molecule has 5 heteroatoms. The van der Waals surface area contributed by atoms with Crippen molar-refractivity contribution in [1.29, 1.82) is 0 Å². The van der Waals surface area contributed by atoms with Crippen molar-refractivity contribution in [1.82, 2.24) is 5.32 Å². The summed E-state index contributed by atoms with van der Waals surface area (Å²) in [5, 5.41) is 7.96. The summed E-state index contributed by atoms with van der Waals surface area (Å²) in [4.78, 5) is 10.2. The molecule has 2 aromatic heterocycles. The molecule has 1 N–H and O–H groups in total. The highest BCUT2D eigenvalue weighted by Gasteiger charge is 2.23. The molecule has 5 nitrogen and oxygen atoms in total. The number of hydrogen-bond donors (Lipinski definition) is 1. The predicted octanol–water partition coefficient (Wildman–Crippen LogP) is 11.3. The van der Waals surface area contributed by atoms with Gasteiger partial charge in [0.15, 0.2) is 5.84 Å². The summed E-state index contributed by atoms with van der Waals surface area (Å²) in [7, 11) is 0. The van der Waals surface area contributed by atoms with Crippen molar-refractivity contribution in [3.63, 3.8) is 0 Å². The predicted molar refractivity (Wildman–Crippen MR) is 204 cm³/mol. The topological polar surface area (TPSA) is 63.0 Å². The quantitative estimate of drug-likeness (QED) is 0.203. The molecular formula is C45H29N3O2. The Morgan fingerprint density at radius 2 is 1.04 bits per heavy atom. The Hall–Kier alpha value is -6.72. The lowest BCUT2D eigenvalue weighted by Crippen LogP contribution is -2.33. The van der Waals surface area contributed by atoms with Crippen LogP contribution in [0.4, 0.5) is 0 Å². The second-order valence-corrected chi connectivity index (χ2v) is 12.6. The van der Waals surface area contributed by atoms with E-state index in [2.05, 4.69) is 121 Å². The number of amidine groups is 2. The fourth-order valence-electron chi connectivity index (χ4n) is 7.08. The van der Waals surface area contributed by atoms with E-state index in [0.29, 0.717) is 5.84 Å². The van der Waals surface area contributed by atoms with Gasteiger partial charge in [-0.1, -0.05) is 121 Å². The Labute approximate surface area is 287 Å². The molecule has 0 saturated heterocycles. The molecule has 10 rings (SSSR count). The molecule has 0 aliphatic carbocycles. The molecule has 1 aliphatic heterocycles. The summed E-state index contributed by atoms with van der Waals surface area (Å²) in [5.74, 6) is 1.45. The van der Waals surface area contributed by atoms with Crippen LogP contribution in [0.25, 0.3) is 66.1 Å². The SMILES string of the molecule is c1ccc(C2=NC(c3ccc(-c4ccccc4)cc3)NC(c3ccc4oc5cccc(-c6ccc7oc8ccccc8c7c6)c5c4c3)=N2)cc1. The van der Waals surface area contributed by atoms with Crippen LogP contribution in [0.15, 0.2) is 183 Å². The van der Waals surface area contributed by atoms with E-state index in [-0.39, 0.29) is 6.17 Å². The van der Waals surface area contributed by atoms with E-state index in [0.717, 1.165) is 77.5 Å². The molecule has 7 aromatic carbocycles. The minimum absolute atomic E-state index is 0.314. The van der Waals surface area contributed by atoms with Crippen molar-refractivity contribution >= 4 is 55.5 Å². The van der Waals surface area contributed by atoms with Crippen LogP contribution in [-0.2, 0) is 0 Å². The lowest BCUT2D eigenvalue weighted by Gasteiger charge is -2.24. The van der Waals surface area contributed by atoms with Crippen molar-refractivity contribution in [3.05, 3.63) is 180 Å². The molecule has 0 fully saturated rings. The normalized spacial score (nSPS) is 14.6. The van der Waals surface area contributed by atoms with Gasteiger partial charge in [-0.2, -0.15) is 0 Å². The van der Waals surface area contributed by atoms with E-state index >= 15 is 0 Å². The third-order valence-electron chi connectivity index (χ3n) is 9.56. The van der Waals surface area contributed by atoms with Gasteiger partial charge in [-0.05, 0) is 70.3 Å². The lowest BCUT2D eigenvalue weighted by molar-refractivity contribution is 0.668. The monoisotopic (exact) mass is 643 g/mol. The molecule has 0 spiro atoms. The molecular weight excluding hydrogens is 615 g/mol. The maximum atomic E-state index is 6.43. The summed E-state index contributed by atoms with van der Waals surface area (Å²) in [5.41, 5.74) is 11.0. The van der Waals surface area contributed by atoms with Gasteiger partial charge in [0, 0.05) is 32.7 Å². The van der Waals surface area contributed by atoms with E-state index in [1.807, 2.05) is 48.5 Å². The Kier molecular flexibility index (Phi) is 6.49. The fraction of sp³-hybridized carbons (Fsp3) is 0.0222. The molecule has 0 bridgehead atoms. The zero-order valence-electron chi connectivity index (χ0n) is 26.9. The third kappa shape index (κ3) is 4.79. The molecule has 1 unspecified atom stereocenters. The maximum Gasteiger partial charge on any atom is 0.159 e. The van der Waals surface area contributed by atoms with E-state index in [1.54, 1.807) is 0 Å². The number of para-hydroxylation sites is 1. The van der Waals surface area contributed by atoms with Crippen molar-refractivity contribution in [3.8, 4) is 22.3 Å². The molecule has 0 radical (unpaired) electrons.